The summed E-state index contributed by atoms with van der Waals surface area (Å²) >= 11 is 0. The van der Waals surface area contributed by atoms with E-state index >= 15 is 0 Å². The van der Waals surface area contributed by atoms with Crippen LogP contribution in [0.4, 0.5) is 9.59 Å². The molecule has 0 bridgehead atoms. The predicted molar refractivity (Wildman–Crippen MR) is 105 cm³/mol. The van der Waals surface area contributed by atoms with Gasteiger partial charge in [-0.05, 0) is 45.4 Å². The molecule has 0 saturated carbocycles. The minimum atomic E-state index is -0.219. The van der Waals surface area contributed by atoms with Crippen LogP contribution in [0.3, 0.4) is 0 Å². The van der Waals surface area contributed by atoms with E-state index in [1.54, 1.807) is 4.90 Å². The molecule has 1 atom stereocenters. The molecule has 1 unspecified atom stereocenters. The van der Waals surface area contributed by atoms with Gasteiger partial charge in [-0.15, -0.1) is 0 Å². The van der Waals surface area contributed by atoms with Crippen molar-refractivity contribution >= 4 is 12.2 Å². The Hall–Kier alpha value is -1.46. The summed E-state index contributed by atoms with van der Waals surface area (Å²) in [6.07, 6.45) is 5.52. The van der Waals surface area contributed by atoms with Crippen LogP contribution in [0, 0.1) is 5.92 Å². The topological polar surface area (TPSA) is 59.1 Å². The molecule has 0 N–H and O–H groups in total. The summed E-state index contributed by atoms with van der Waals surface area (Å²) < 4.78 is 10.3. The van der Waals surface area contributed by atoms with Gasteiger partial charge in [-0.3, -0.25) is 0 Å². The fourth-order valence-electron chi connectivity index (χ4n) is 2.78. The predicted octanol–water partition coefficient (Wildman–Crippen LogP) is 4.92. The average Bonchev–Trinajstić information content (AvgIpc) is 2.61. The van der Waals surface area contributed by atoms with Crippen molar-refractivity contribution < 1.29 is 19.1 Å². The summed E-state index contributed by atoms with van der Waals surface area (Å²) in [5.41, 5.74) is 0. The molecule has 0 aromatic rings. The summed E-state index contributed by atoms with van der Waals surface area (Å²) in [5.74, 6) is 0.367. The van der Waals surface area contributed by atoms with Gasteiger partial charge in [0, 0.05) is 26.2 Å². The molecule has 0 aliphatic heterocycles. The van der Waals surface area contributed by atoms with Gasteiger partial charge in [0.25, 0.3) is 0 Å². The van der Waals surface area contributed by atoms with Gasteiger partial charge in [-0.1, -0.05) is 33.6 Å². The molecule has 0 rings (SSSR count). The Balaban J connectivity index is 4.41. The number of rotatable bonds is 14. The van der Waals surface area contributed by atoms with E-state index in [0.717, 1.165) is 51.6 Å². The highest BCUT2D eigenvalue weighted by atomic mass is 16.6. The largest absolute Gasteiger partial charge is 0.450 e. The Morgan fingerprint density at radius 1 is 0.769 bits per heavy atom. The van der Waals surface area contributed by atoms with Crippen LogP contribution >= 0.6 is 0 Å². The van der Waals surface area contributed by atoms with Crippen molar-refractivity contribution in [2.75, 3.05) is 39.4 Å². The normalized spacial score (nSPS) is 11.7. The maximum absolute atomic E-state index is 12.1. The molecule has 6 nitrogen and oxygen atoms in total. The summed E-state index contributed by atoms with van der Waals surface area (Å²) in [6.45, 7) is 13.8. The molecular weight excluding hydrogens is 332 g/mol. The van der Waals surface area contributed by atoms with E-state index in [9.17, 15) is 9.59 Å². The summed E-state index contributed by atoms with van der Waals surface area (Å²) in [4.78, 5) is 27.7. The minimum absolute atomic E-state index is 0.218. The maximum atomic E-state index is 12.1. The van der Waals surface area contributed by atoms with Crippen LogP contribution in [0.1, 0.15) is 73.1 Å². The lowest BCUT2D eigenvalue weighted by Crippen LogP contribution is -2.37. The lowest BCUT2D eigenvalue weighted by atomic mass is 10.0. The average molecular weight is 373 g/mol. The number of nitrogens with zero attached hydrogens (tertiary/aromatic N) is 2. The quantitative estimate of drug-likeness (QED) is 0.434. The smallest absolute Gasteiger partial charge is 0.409 e. The van der Waals surface area contributed by atoms with Gasteiger partial charge in [0.05, 0.1) is 13.2 Å². The van der Waals surface area contributed by atoms with E-state index in [1.807, 2.05) is 18.7 Å². The molecule has 0 saturated heterocycles. The van der Waals surface area contributed by atoms with Crippen molar-refractivity contribution in [2.24, 2.45) is 5.92 Å². The van der Waals surface area contributed by atoms with Crippen molar-refractivity contribution in [3.8, 4) is 0 Å². The first-order chi connectivity index (χ1) is 12.5. The second-order valence-electron chi connectivity index (χ2n) is 6.79. The van der Waals surface area contributed by atoms with E-state index in [-0.39, 0.29) is 12.2 Å². The molecule has 0 aliphatic carbocycles. The van der Waals surface area contributed by atoms with Crippen LogP contribution in [0.2, 0.25) is 0 Å². The van der Waals surface area contributed by atoms with E-state index in [2.05, 4.69) is 20.8 Å². The van der Waals surface area contributed by atoms with Crippen LogP contribution in [0.25, 0.3) is 0 Å². The lowest BCUT2D eigenvalue weighted by Gasteiger charge is -2.26. The second kappa shape index (κ2) is 15.8. The SMILES string of the molecule is CCCCN(CCCC(C)CN(CCCC)C(=O)OCC)C(=O)OCC. The van der Waals surface area contributed by atoms with E-state index in [1.165, 1.54) is 0 Å². The molecule has 26 heavy (non-hydrogen) atoms. The van der Waals surface area contributed by atoms with E-state index in [4.69, 9.17) is 9.47 Å². The number of hydrogen-bond acceptors (Lipinski definition) is 4. The Bertz CT molecular complexity index is 377. The van der Waals surface area contributed by atoms with Crippen molar-refractivity contribution in [3.63, 3.8) is 0 Å². The van der Waals surface area contributed by atoms with Gasteiger partial charge in [0.2, 0.25) is 0 Å². The zero-order valence-electron chi connectivity index (χ0n) is 17.6. The minimum Gasteiger partial charge on any atom is -0.450 e. The van der Waals surface area contributed by atoms with Gasteiger partial charge >= 0.3 is 12.2 Å². The maximum Gasteiger partial charge on any atom is 0.409 e. The monoisotopic (exact) mass is 372 g/mol. The highest BCUT2D eigenvalue weighted by molar-refractivity contribution is 5.67. The first-order valence-electron chi connectivity index (χ1n) is 10.3. The second-order valence-corrected chi connectivity index (χ2v) is 6.79. The molecule has 154 valence electrons. The summed E-state index contributed by atoms with van der Waals surface area (Å²) in [7, 11) is 0. The number of hydrogen-bond donors (Lipinski definition) is 0. The highest BCUT2D eigenvalue weighted by Crippen LogP contribution is 2.12. The number of amides is 2. The third-order valence-corrected chi connectivity index (χ3v) is 4.27. The van der Waals surface area contributed by atoms with Crippen molar-refractivity contribution in [2.45, 2.75) is 73.1 Å². The number of unbranched alkanes of at least 4 members (excludes halogenated alkanes) is 2. The molecule has 0 aromatic carbocycles. The van der Waals surface area contributed by atoms with Crippen LogP contribution in [-0.4, -0.2) is 61.4 Å². The molecule has 0 aromatic heterocycles. The van der Waals surface area contributed by atoms with Crippen molar-refractivity contribution in [1.29, 1.82) is 0 Å². The molecule has 0 heterocycles. The third-order valence-electron chi connectivity index (χ3n) is 4.27. The molecular formula is C20H40N2O4. The Morgan fingerprint density at radius 2 is 1.23 bits per heavy atom. The third kappa shape index (κ3) is 11.2. The molecule has 0 aliphatic rings. The Morgan fingerprint density at radius 3 is 1.73 bits per heavy atom. The zero-order chi connectivity index (χ0) is 19.8. The van der Waals surface area contributed by atoms with Gasteiger partial charge in [0.15, 0.2) is 0 Å². The fourth-order valence-corrected chi connectivity index (χ4v) is 2.78. The van der Waals surface area contributed by atoms with E-state index in [0.29, 0.717) is 32.2 Å². The molecule has 0 spiro atoms. The summed E-state index contributed by atoms with van der Waals surface area (Å²) in [6, 6.07) is 0. The van der Waals surface area contributed by atoms with Gasteiger partial charge in [0.1, 0.15) is 0 Å². The molecule has 0 radical (unpaired) electrons. The first-order valence-corrected chi connectivity index (χ1v) is 10.3. The van der Waals surface area contributed by atoms with Gasteiger partial charge in [-0.25, -0.2) is 9.59 Å². The Kier molecular flexibility index (Phi) is 14.9. The van der Waals surface area contributed by atoms with Crippen molar-refractivity contribution in [3.05, 3.63) is 0 Å². The number of carbonyl (C=O) groups excluding carboxylic acids is 2. The van der Waals surface area contributed by atoms with Gasteiger partial charge in [-0.2, -0.15) is 0 Å². The zero-order valence-corrected chi connectivity index (χ0v) is 17.6. The number of carbonyl (C=O) groups is 2. The molecule has 2 amide bonds. The van der Waals surface area contributed by atoms with Crippen LogP contribution in [0.15, 0.2) is 0 Å². The number of ether oxygens (including phenoxy) is 2. The van der Waals surface area contributed by atoms with Crippen LogP contribution < -0.4 is 0 Å². The Labute approximate surface area is 160 Å². The van der Waals surface area contributed by atoms with Gasteiger partial charge < -0.3 is 19.3 Å². The molecule has 0 fully saturated rings. The lowest BCUT2D eigenvalue weighted by molar-refractivity contribution is 0.0983. The van der Waals surface area contributed by atoms with E-state index < -0.39 is 0 Å². The fraction of sp³-hybridized carbons (Fsp3) is 0.900. The standard InChI is InChI=1S/C20H40N2O4/c1-6-10-14-21(19(23)25-8-3)16-12-13-18(5)17-22(15-11-7-2)20(24)26-9-4/h18H,6-17H2,1-5H3. The van der Waals surface area contributed by atoms with Crippen molar-refractivity contribution in [1.82, 2.24) is 9.80 Å². The highest BCUT2D eigenvalue weighted by Gasteiger charge is 2.18. The molecule has 6 heteroatoms. The van der Waals surface area contributed by atoms with Crippen LogP contribution in [-0.2, 0) is 9.47 Å². The van der Waals surface area contributed by atoms with Crippen LogP contribution in [0.5, 0.6) is 0 Å². The first kappa shape index (κ1) is 24.5. The summed E-state index contributed by atoms with van der Waals surface area (Å²) in [5, 5.41) is 0.